The predicted molar refractivity (Wildman–Crippen MR) is 81.9 cm³/mol. The first-order valence-corrected chi connectivity index (χ1v) is 6.40. The van der Waals surface area contributed by atoms with Crippen molar-refractivity contribution in [2.75, 3.05) is 7.11 Å². The molecule has 5 nitrogen and oxygen atoms in total. The number of hydrogen-bond acceptors (Lipinski definition) is 4. The van der Waals surface area contributed by atoms with Crippen molar-refractivity contribution in [3.8, 4) is 17.4 Å². The van der Waals surface area contributed by atoms with Gasteiger partial charge in [-0.15, -0.1) is 0 Å². The summed E-state index contributed by atoms with van der Waals surface area (Å²) in [5, 5.41) is 20.5. The van der Waals surface area contributed by atoms with Crippen LogP contribution in [0.5, 0.6) is 17.4 Å². The molecule has 1 heterocycles. The zero-order valence-electron chi connectivity index (χ0n) is 11.4. The summed E-state index contributed by atoms with van der Waals surface area (Å²) in [5.41, 5.74) is 2.02. The van der Waals surface area contributed by atoms with Gasteiger partial charge in [0.1, 0.15) is 0 Å². The molecule has 0 aliphatic rings. The second-order valence-electron chi connectivity index (χ2n) is 4.55. The van der Waals surface area contributed by atoms with E-state index in [1.165, 1.54) is 13.2 Å². The van der Waals surface area contributed by atoms with E-state index in [0.29, 0.717) is 17.0 Å². The van der Waals surface area contributed by atoms with Gasteiger partial charge in [0, 0.05) is 23.2 Å². The number of aromatic nitrogens is 1. The van der Waals surface area contributed by atoms with Crippen molar-refractivity contribution in [2.24, 2.45) is 4.99 Å². The second kappa shape index (κ2) is 5.20. The minimum absolute atomic E-state index is 0.0234. The van der Waals surface area contributed by atoms with Crippen LogP contribution in [0.4, 0.5) is 5.69 Å². The molecule has 5 heteroatoms. The van der Waals surface area contributed by atoms with Gasteiger partial charge in [0.15, 0.2) is 17.4 Å². The van der Waals surface area contributed by atoms with E-state index in [4.69, 9.17) is 4.74 Å². The van der Waals surface area contributed by atoms with Crippen molar-refractivity contribution in [1.82, 2.24) is 4.98 Å². The molecule has 2 aromatic carbocycles. The van der Waals surface area contributed by atoms with Crippen molar-refractivity contribution in [3.05, 3.63) is 48.0 Å². The third-order valence-electron chi connectivity index (χ3n) is 3.23. The van der Waals surface area contributed by atoms with Gasteiger partial charge in [0.2, 0.25) is 0 Å². The van der Waals surface area contributed by atoms with Gasteiger partial charge in [0.05, 0.1) is 18.4 Å². The lowest BCUT2D eigenvalue weighted by Crippen LogP contribution is -1.83. The van der Waals surface area contributed by atoms with Crippen molar-refractivity contribution in [1.29, 1.82) is 0 Å². The number of nitrogens with zero attached hydrogens (tertiary/aromatic N) is 1. The number of phenolic OH excluding ortho intramolecular Hbond substituents is 1. The quantitative estimate of drug-likeness (QED) is 0.645. The number of benzene rings is 2. The van der Waals surface area contributed by atoms with Gasteiger partial charge < -0.3 is 19.9 Å². The molecule has 0 saturated heterocycles. The van der Waals surface area contributed by atoms with Crippen LogP contribution in [0.1, 0.15) is 5.56 Å². The number of ether oxygens (including phenoxy) is 1. The maximum atomic E-state index is 9.93. The Morgan fingerprint density at radius 2 is 1.95 bits per heavy atom. The Balaban J connectivity index is 1.98. The van der Waals surface area contributed by atoms with Gasteiger partial charge in [-0.05, 0) is 18.2 Å². The molecule has 0 atom stereocenters. The number of H-pyrrole nitrogens is 1. The first-order valence-electron chi connectivity index (χ1n) is 6.40. The highest BCUT2D eigenvalue weighted by Crippen LogP contribution is 2.31. The fourth-order valence-corrected chi connectivity index (χ4v) is 2.18. The average Bonchev–Trinajstić information content (AvgIpc) is 2.81. The van der Waals surface area contributed by atoms with Crippen LogP contribution in [-0.2, 0) is 0 Å². The number of aromatic hydroxyl groups is 2. The standard InChI is InChI=1S/C16H14N2O3/c1-21-15-7-6-10(8-14(15)19)17-9-12-11-4-2-3-5-13(11)18-16(12)20/h2-9,18-20H,1H3. The first-order chi connectivity index (χ1) is 10.2. The van der Waals surface area contributed by atoms with Crippen molar-refractivity contribution in [3.63, 3.8) is 0 Å². The lowest BCUT2D eigenvalue weighted by molar-refractivity contribution is 0.373. The smallest absolute Gasteiger partial charge is 0.198 e. The molecule has 21 heavy (non-hydrogen) atoms. The molecule has 0 aliphatic heterocycles. The molecule has 0 radical (unpaired) electrons. The summed E-state index contributed by atoms with van der Waals surface area (Å²) in [6.07, 6.45) is 1.56. The monoisotopic (exact) mass is 282 g/mol. The van der Waals surface area contributed by atoms with Crippen molar-refractivity contribution >= 4 is 22.8 Å². The molecule has 0 unspecified atom stereocenters. The Hall–Kier alpha value is -2.95. The molecule has 0 bridgehead atoms. The molecule has 0 saturated carbocycles. The molecule has 3 rings (SSSR count). The van der Waals surface area contributed by atoms with E-state index < -0.39 is 0 Å². The molecule has 1 aromatic heterocycles. The highest BCUT2D eigenvalue weighted by molar-refractivity contribution is 6.02. The fraction of sp³-hybridized carbons (Fsp3) is 0.0625. The minimum Gasteiger partial charge on any atom is -0.504 e. The second-order valence-corrected chi connectivity index (χ2v) is 4.55. The lowest BCUT2D eigenvalue weighted by Gasteiger charge is -2.02. The third-order valence-corrected chi connectivity index (χ3v) is 3.23. The van der Waals surface area contributed by atoms with Crippen molar-refractivity contribution in [2.45, 2.75) is 0 Å². The van der Waals surface area contributed by atoms with E-state index in [1.807, 2.05) is 24.3 Å². The molecular weight excluding hydrogens is 268 g/mol. The SMILES string of the molecule is COc1ccc(N=Cc2c(O)[nH]c3ccccc23)cc1O. The zero-order chi connectivity index (χ0) is 14.8. The van der Waals surface area contributed by atoms with Gasteiger partial charge >= 0.3 is 0 Å². The summed E-state index contributed by atoms with van der Waals surface area (Å²) in [4.78, 5) is 7.16. The van der Waals surface area contributed by atoms with Crippen LogP contribution in [0.25, 0.3) is 10.9 Å². The number of fused-ring (bicyclic) bond motifs is 1. The normalized spacial score (nSPS) is 11.3. The van der Waals surface area contributed by atoms with Crippen LogP contribution in [0.3, 0.4) is 0 Å². The first kappa shape index (κ1) is 13.1. The molecule has 106 valence electrons. The van der Waals surface area contributed by atoms with Gasteiger partial charge in [-0.2, -0.15) is 0 Å². The summed E-state index contributed by atoms with van der Waals surface area (Å²) < 4.78 is 4.98. The predicted octanol–water partition coefficient (Wildman–Crippen LogP) is 3.34. The molecule has 0 aliphatic carbocycles. The largest absolute Gasteiger partial charge is 0.504 e. The summed E-state index contributed by atoms with van der Waals surface area (Å²) >= 11 is 0. The highest BCUT2D eigenvalue weighted by atomic mass is 16.5. The van der Waals surface area contributed by atoms with Crippen LogP contribution < -0.4 is 4.74 Å². The summed E-state index contributed by atoms with van der Waals surface area (Å²) in [7, 11) is 1.49. The van der Waals surface area contributed by atoms with Crippen LogP contribution in [0.15, 0.2) is 47.5 Å². The summed E-state index contributed by atoms with van der Waals surface area (Å²) in [5.74, 6) is 0.483. The van der Waals surface area contributed by atoms with Crippen LogP contribution in [0, 0.1) is 0 Å². The molecule has 3 N–H and O–H groups in total. The Kier molecular flexibility index (Phi) is 3.23. The topological polar surface area (TPSA) is 77.8 Å². The van der Waals surface area contributed by atoms with Crippen LogP contribution >= 0.6 is 0 Å². The van der Waals surface area contributed by atoms with Crippen LogP contribution in [0.2, 0.25) is 0 Å². The Morgan fingerprint density at radius 3 is 2.71 bits per heavy atom. The zero-order valence-corrected chi connectivity index (χ0v) is 11.4. The van der Waals surface area contributed by atoms with Gasteiger partial charge in [-0.1, -0.05) is 18.2 Å². The Labute approximate surface area is 121 Å². The number of rotatable bonds is 3. The van der Waals surface area contributed by atoms with Gasteiger partial charge in [-0.3, -0.25) is 4.99 Å². The number of para-hydroxylation sites is 1. The number of hydrogen-bond donors (Lipinski definition) is 3. The van der Waals surface area contributed by atoms with Crippen LogP contribution in [-0.4, -0.2) is 28.5 Å². The number of aromatic amines is 1. The molecule has 0 spiro atoms. The number of phenols is 1. The Morgan fingerprint density at radius 1 is 1.14 bits per heavy atom. The van der Waals surface area contributed by atoms with Crippen molar-refractivity contribution < 1.29 is 14.9 Å². The maximum Gasteiger partial charge on any atom is 0.198 e. The molecule has 3 aromatic rings. The number of nitrogens with one attached hydrogen (secondary N) is 1. The molecule has 0 amide bonds. The summed E-state index contributed by atoms with van der Waals surface area (Å²) in [6, 6.07) is 12.4. The summed E-state index contributed by atoms with van der Waals surface area (Å²) in [6.45, 7) is 0. The van der Waals surface area contributed by atoms with Gasteiger partial charge in [0.25, 0.3) is 0 Å². The fourth-order valence-electron chi connectivity index (χ4n) is 2.18. The van der Waals surface area contributed by atoms with Gasteiger partial charge in [-0.25, -0.2) is 0 Å². The van der Waals surface area contributed by atoms with E-state index in [9.17, 15) is 10.2 Å². The highest BCUT2D eigenvalue weighted by Gasteiger charge is 2.08. The number of aliphatic imine (C=N–C) groups is 1. The third kappa shape index (κ3) is 2.41. The number of methoxy groups -OCH3 is 1. The molecule has 0 fully saturated rings. The lowest BCUT2D eigenvalue weighted by atomic mass is 10.2. The van der Waals surface area contributed by atoms with E-state index in [-0.39, 0.29) is 11.6 Å². The molecular formula is C16H14N2O3. The van der Waals surface area contributed by atoms with E-state index in [2.05, 4.69) is 9.98 Å². The maximum absolute atomic E-state index is 9.93. The van der Waals surface area contributed by atoms with E-state index in [0.717, 1.165) is 10.9 Å². The van der Waals surface area contributed by atoms with E-state index in [1.54, 1.807) is 18.3 Å². The average molecular weight is 282 g/mol. The minimum atomic E-state index is 0.0234. The van der Waals surface area contributed by atoms with E-state index >= 15 is 0 Å². The Bertz CT molecular complexity index is 822.